The maximum absolute atomic E-state index is 13.9. The van der Waals surface area contributed by atoms with Crippen molar-refractivity contribution in [2.45, 2.75) is 246 Å². The molecule has 0 heterocycles. The first-order chi connectivity index (χ1) is 29.4. The number of quaternary nitrogens is 1. The molecule has 0 bridgehead atoms. The Morgan fingerprint density at radius 2 is 0.767 bits per heavy atom. The number of hydrogen-bond donors (Lipinski definition) is 1. The fourth-order valence-corrected chi connectivity index (χ4v) is 8.48. The predicted molar refractivity (Wildman–Crippen MR) is 253 cm³/mol. The van der Waals surface area contributed by atoms with E-state index in [1.165, 1.54) is 128 Å². The molecular weight excluding hydrogens is 745 g/mol. The largest absolute Gasteiger partial charge is 0.464 e. The fraction of sp³-hybridized carbons (Fsp3) is 0.830. The summed E-state index contributed by atoms with van der Waals surface area (Å²) in [5, 5.41) is 0. The van der Waals surface area contributed by atoms with Crippen molar-refractivity contribution in [3.05, 3.63) is 35.9 Å². The van der Waals surface area contributed by atoms with Gasteiger partial charge in [-0.3, -0.25) is 14.4 Å². The number of carbonyl (C=O) groups excluding carboxylic acids is 3. The van der Waals surface area contributed by atoms with Crippen LogP contribution in [0.2, 0.25) is 0 Å². The van der Waals surface area contributed by atoms with Gasteiger partial charge in [0.2, 0.25) is 0 Å². The number of nitrogens with zero attached hydrogens (tertiary/aromatic N) is 1. The lowest BCUT2D eigenvalue weighted by atomic mass is 9.94. The maximum Gasteiger partial charge on any atom is 0.308 e. The second-order valence-corrected chi connectivity index (χ2v) is 18.1. The number of rotatable bonds is 43. The predicted octanol–water partition coefficient (Wildman–Crippen LogP) is 13.5. The van der Waals surface area contributed by atoms with E-state index >= 15 is 0 Å². The second-order valence-electron chi connectivity index (χ2n) is 18.1. The molecule has 0 radical (unpaired) electrons. The van der Waals surface area contributed by atoms with Gasteiger partial charge in [0.05, 0.1) is 24.9 Å². The molecule has 0 spiro atoms. The summed E-state index contributed by atoms with van der Waals surface area (Å²) in [6.07, 6.45) is 38.3. The van der Waals surface area contributed by atoms with Crippen molar-refractivity contribution >= 4 is 17.8 Å². The molecule has 7 heteroatoms. The zero-order valence-corrected chi connectivity index (χ0v) is 40.0. The topological polar surface area (TPSA) is 101 Å². The molecule has 0 fully saturated rings. The number of amides is 1. The highest BCUT2D eigenvalue weighted by Crippen LogP contribution is 2.23. The van der Waals surface area contributed by atoms with Gasteiger partial charge in [-0.1, -0.05) is 238 Å². The van der Waals surface area contributed by atoms with Crippen LogP contribution in [-0.2, 0) is 30.3 Å². The standard InChI is InChI=1S/C53H96N2O5/c1-5-9-13-17-21-25-32-38-48(39-33-26-22-18-14-10-6-2)52(57)59-44-42-55(51(56)50(54)46-47-36-30-29-31-37-47)43-45-60-53(58)49(40-34-27-23-19-15-11-7-3)41-35-28-24-20-16-12-8-4/h29-31,36-37,48-50H,5-28,32-35,38-46,54H2,1-4H3/p+1. The number of benzene rings is 1. The molecular formula is C53H97N2O5+. The maximum atomic E-state index is 13.9. The van der Waals surface area contributed by atoms with E-state index in [1.807, 2.05) is 30.3 Å². The van der Waals surface area contributed by atoms with Gasteiger partial charge in [-0.15, -0.1) is 0 Å². The second kappa shape index (κ2) is 40.6. The zero-order valence-electron chi connectivity index (χ0n) is 40.0. The zero-order chi connectivity index (χ0) is 43.7. The normalized spacial score (nSPS) is 12.0. The van der Waals surface area contributed by atoms with E-state index in [4.69, 9.17) is 9.47 Å². The Morgan fingerprint density at radius 1 is 0.467 bits per heavy atom. The van der Waals surface area contributed by atoms with E-state index < -0.39 is 6.04 Å². The number of unbranched alkanes of at least 4 members (excludes halogenated alkanes) is 24. The van der Waals surface area contributed by atoms with Gasteiger partial charge < -0.3 is 20.1 Å². The summed E-state index contributed by atoms with van der Waals surface area (Å²) in [6, 6.07) is 9.48. The molecule has 7 nitrogen and oxygen atoms in total. The molecule has 3 N–H and O–H groups in total. The van der Waals surface area contributed by atoms with E-state index in [0.29, 0.717) is 6.42 Å². The first kappa shape index (κ1) is 55.6. The quantitative estimate of drug-likeness (QED) is 0.0521. The van der Waals surface area contributed by atoms with Crippen LogP contribution >= 0.6 is 0 Å². The van der Waals surface area contributed by atoms with Crippen LogP contribution in [0.25, 0.3) is 0 Å². The highest BCUT2D eigenvalue weighted by atomic mass is 16.5. The van der Waals surface area contributed by atoms with Gasteiger partial charge in [0.1, 0.15) is 13.2 Å². The summed E-state index contributed by atoms with van der Waals surface area (Å²) in [5.41, 5.74) is 5.31. The van der Waals surface area contributed by atoms with E-state index in [-0.39, 0.29) is 56.0 Å². The van der Waals surface area contributed by atoms with Crippen LogP contribution in [0.4, 0.5) is 0 Å². The van der Waals surface area contributed by atoms with Crippen LogP contribution in [0.3, 0.4) is 0 Å². The number of ether oxygens (including phenoxy) is 2. The highest BCUT2D eigenvalue weighted by molar-refractivity contribution is 5.81. The molecule has 1 atom stereocenters. The van der Waals surface area contributed by atoms with Crippen LogP contribution in [0.1, 0.15) is 239 Å². The first-order valence-corrected chi connectivity index (χ1v) is 25.9. The third-order valence-corrected chi connectivity index (χ3v) is 12.5. The van der Waals surface area contributed by atoms with Crippen molar-refractivity contribution in [3.8, 4) is 0 Å². The minimum atomic E-state index is -0.497. The summed E-state index contributed by atoms with van der Waals surface area (Å²) in [6.45, 7) is 9.81. The average molecular weight is 842 g/mol. The first-order valence-electron chi connectivity index (χ1n) is 25.9. The monoisotopic (exact) mass is 842 g/mol. The smallest absolute Gasteiger partial charge is 0.308 e. The number of esters is 2. The highest BCUT2D eigenvalue weighted by Gasteiger charge is 2.27. The summed E-state index contributed by atoms with van der Waals surface area (Å²) in [5.74, 6) is -0.537. The number of hydrogen-bond acceptors (Lipinski definition) is 5. The minimum Gasteiger partial charge on any atom is -0.464 e. The Bertz CT molecular complexity index is 1040. The van der Waals surface area contributed by atoms with Gasteiger partial charge in [-0.25, -0.2) is 0 Å². The van der Waals surface area contributed by atoms with Gasteiger partial charge in [0.15, 0.2) is 6.04 Å². The molecule has 1 amide bonds. The lowest BCUT2D eigenvalue weighted by Crippen LogP contribution is -2.69. The molecule has 348 valence electrons. The van der Waals surface area contributed by atoms with Gasteiger partial charge in [-0.2, -0.15) is 0 Å². The molecule has 0 saturated carbocycles. The molecule has 0 aliphatic heterocycles. The van der Waals surface area contributed by atoms with Crippen LogP contribution in [0.15, 0.2) is 30.3 Å². The van der Waals surface area contributed by atoms with Crippen LogP contribution < -0.4 is 5.73 Å². The Morgan fingerprint density at radius 3 is 1.08 bits per heavy atom. The molecule has 1 aromatic carbocycles. The Labute approximate surface area is 370 Å². The lowest BCUT2D eigenvalue weighted by Gasteiger charge is -2.25. The van der Waals surface area contributed by atoms with Crippen LogP contribution in [0, 0.1) is 11.8 Å². The lowest BCUT2D eigenvalue weighted by molar-refractivity contribution is -0.405. The van der Waals surface area contributed by atoms with Crippen molar-refractivity contribution in [2.75, 3.05) is 26.3 Å². The molecule has 60 heavy (non-hydrogen) atoms. The van der Waals surface area contributed by atoms with Gasteiger partial charge >= 0.3 is 11.9 Å². The minimum absolute atomic E-state index is 0.0929. The van der Waals surface area contributed by atoms with Crippen molar-refractivity contribution in [3.63, 3.8) is 0 Å². The number of carbonyl (C=O) groups is 3. The van der Waals surface area contributed by atoms with E-state index in [0.717, 1.165) is 82.6 Å². The van der Waals surface area contributed by atoms with E-state index in [2.05, 4.69) is 33.4 Å². The van der Waals surface area contributed by atoms with Gasteiger partial charge in [0, 0.05) is 6.42 Å². The summed E-state index contributed by atoms with van der Waals surface area (Å²) in [7, 11) is 0. The van der Waals surface area contributed by atoms with Crippen LogP contribution in [-0.4, -0.2) is 55.1 Å². The molecule has 0 saturated heterocycles. The Balaban J connectivity index is 2.89. The third kappa shape index (κ3) is 30.6. The summed E-state index contributed by atoms with van der Waals surface area (Å²) >= 11 is 0. The molecule has 1 unspecified atom stereocenters. The van der Waals surface area contributed by atoms with Crippen molar-refractivity contribution in [1.82, 2.24) is 4.90 Å². The summed E-state index contributed by atoms with van der Waals surface area (Å²) in [4.78, 5) is 42.8. The molecule has 1 rings (SSSR count). The molecule has 0 aliphatic rings. The van der Waals surface area contributed by atoms with Crippen molar-refractivity contribution in [1.29, 1.82) is 0 Å². The molecule has 1 aromatic rings. The fourth-order valence-electron chi connectivity index (χ4n) is 8.48. The van der Waals surface area contributed by atoms with E-state index in [9.17, 15) is 14.4 Å². The molecule has 0 aromatic heterocycles. The van der Waals surface area contributed by atoms with Crippen molar-refractivity contribution in [2.24, 2.45) is 11.8 Å². The van der Waals surface area contributed by atoms with Gasteiger partial charge in [-0.05, 0) is 31.2 Å². The summed E-state index contributed by atoms with van der Waals surface area (Å²) < 4.78 is 12.0. The van der Waals surface area contributed by atoms with E-state index in [1.54, 1.807) is 4.90 Å². The SMILES string of the molecule is CCCCCCCCCC(CCCCCCCCC)C(=O)OCCN(CCOC(=O)C(CCCCCCCCC)CCCCCCCCC)C(=O)C([NH3+])Cc1ccccc1. The third-order valence-electron chi connectivity index (χ3n) is 12.5. The van der Waals surface area contributed by atoms with Gasteiger partial charge in [0.25, 0.3) is 5.91 Å². The van der Waals surface area contributed by atoms with Crippen LogP contribution in [0.5, 0.6) is 0 Å². The average Bonchev–Trinajstić information content (AvgIpc) is 3.25. The van der Waals surface area contributed by atoms with Crippen molar-refractivity contribution < 1.29 is 29.6 Å². The molecule has 0 aliphatic carbocycles. The Kier molecular flexibility index (Phi) is 37.7. The Hall–Kier alpha value is -2.41.